The van der Waals surface area contributed by atoms with Gasteiger partial charge in [0, 0.05) is 18.7 Å². The molecule has 0 bridgehead atoms. The molecule has 0 N–H and O–H groups in total. The molecule has 1 fully saturated rings. The molecule has 0 saturated carbocycles. The summed E-state index contributed by atoms with van der Waals surface area (Å²) in [6, 6.07) is 7.63. The molecule has 144 valence electrons. The second kappa shape index (κ2) is 6.79. The van der Waals surface area contributed by atoms with E-state index in [1.807, 2.05) is 40.8 Å². The summed E-state index contributed by atoms with van der Waals surface area (Å²) in [5, 5.41) is 19.7. The molecule has 0 aliphatic carbocycles. The summed E-state index contributed by atoms with van der Waals surface area (Å²) >= 11 is 0. The molecule has 1 aromatic carbocycles. The summed E-state index contributed by atoms with van der Waals surface area (Å²) in [4.78, 5) is 14.9. The predicted octanol–water partition coefficient (Wildman–Crippen LogP) is 0.607. The van der Waals surface area contributed by atoms with Crippen molar-refractivity contribution >= 4 is 5.91 Å². The molecular weight excluding hydrogens is 360 g/mol. The van der Waals surface area contributed by atoms with Crippen LogP contribution in [0.1, 0.15) is 39.9 Å². The Kier molecular flexibility index (Phi) is 4.12. The third kappa shape index (κ3) is 2.95. The van der Waals surface area contributed by atoms with Crippen LogP contribution >= 0.6 is 0 Å². The van der Waals surface area contributed by atoms with Gasteiger partial charge in [-0.25, -0.2) is 9.36 Å². The lowest BCUT2D eigenvalue weighted by molar-refractivity contribution is -0.0605. The number of rotatable bonds is 3. The molecule has 0 radical (unpaired) electrons. The Balaban J connectivity index is 1.30. The molecule has 5 rings (SSSR count). The van der Waals surface area contributed by atoms with E-state index in [1.54, 1.807) is 10.9 Å². The molecule has 1 saturated heterocycles. The van der Waals surface area contributed by atoms with Crippen molar-refractivity contribution < 1.29 is 9.53 Å². The molecule has 3 aromatic rings. The molecule has 2 aromatic heterocycles. The first-order valence-corrected chi connectivity index (χ1v) is 9.30. The van der Waals surface area contributed by atoms with Gasteiger partial charge < -0.3 is 9.64 Å². The minimum absolute atomic E-state index is 0.0195. The average Bonchev–Trinajstić information content (AvgIpc) is 3.37. The monoisotopic (exact) mass is 380 g/mol. The van der Waals surface area contributed by atoms with Gasteiger partial charge in [-0.15, -0.1) is 10.2 Å². The third-order valence-corrected chi connectivity index (χ3v) is 5.46. The summed E-state index contributed by atoms with van der Waals surface area (Å²) in [6.45, 7) is 4.22. The van der Waals surface area contributed by atoms with Gasteiger partial charge in [0.2, 0.25) is 0 Å². The Labute approximate surface area is 161 Å². The first-order valence-electron chi connectivity index (χ1n) is 9.30. The maximum Gasteiger partial charge on any atom is 0.253 e. The molecular formula is C18H20N8O2. The fourth-order valence-corrected chi connectivity index (χ4v) is 3.87. The zero-order valence-corrected chi connectivity index (χ0v) is 15.5. The van der Waals surface area contributed by atoms with Crippen LogP contribution in [-0.4, -0.2) is 65.2 Å². The number of hydrogen-bond donors (Lipinski definition) is 0. The van der Waals surface area contributed by atoms with Crippen LogP contribution in [0.15, 0.2) is 30.5 Å². The van der Waals surface area contributed by atoms with E-state index in [1.165, 1.54) is 0 Å². The van der Waals surface area contributed by atoms with Crippen molar-refractivity contribution in [3.8, 4) is 0 Å². The maximum atomic E-state index is 13.0. The highest BCUT2D eigenvalue weighted by Gasteiger charge is 2.38. The summed E-state index contributed by atoms with van der Waals surface area (Å²) in [5.41, 5.74) is 2.67. The Morgan fingerprint density at radius 1 is 1.25 bits per heavy atom. The highest BCUT2D eigenvalue weighted by atomic mass is 16.5. The first-order chi connectivity index (χ1) is 13.7. The Morgan fingerprint density at radius 2 is 2.11 bits per heavy atom. The van der Waals surface area contributed by atoms with Crippen LogP contribution in [0.3, 0.4) is 0 Å². The SMILES string of the molecule is Cc1nnnn1Cc1ccc(C(=O)N2CC[C@@H]3OCc4cnnn4[C@H]3C2)cc1. The number of nitrogens with zero attached hydrogens (tertiary/aromatic N) is 8. The van der Waals surface area contributed by atoms with Gasteiger partial charge in [0.15, 0.2) is 0 Å². The fourth-order valence-electron chi connectivity index (χ4n) is 3.87. The lowest BCUT2D eigenvalue weighted by Gasteiger charge is -2.41. The quantitative estimate of drug-likeness (QED) is 0.656. The van der Waals surface area contributed by atoms with Crippen LogP contribution in [0, 0.1) is 6.92 Å². The van der Waals surface area contributed by atoms with E-state index in [0.717, 1.165) is 23.5 Å². The minimum atomic E-state index is 0.0195. The number of piperidine rings is 1. The normalized spacial score (nSPS) is 21.2. The number of carbonyl (C=O) groups is 1. The molecule has 0 spiro atoms. The van der Waals surface area contributed by atoms with Crippen molar-refractivity contribution in [2.24, 2.45) is 0 Å². The number of aryl methyl sites for hydroxylation is 1. The largest absolute Gasteiger partial charge is 0.370 e. The van der Waals surface area contributed by atoms with E-state index >= 15 is 0 Å². The summed E-state index contributed by atoms with van der Waals surface area (Å²) in [6.07, 6.45) is 2.61. The van der Waals surface area contributed by atoms with Crippen molar-refractivity contribution in [1.29, 1.82) is 0 Å². The molecule has 1 amide bonds. The van der Waals surface area contributed by atoms with E-state index in [0.29, 0.717) is 31.8 Å². The molecule has 10 nitrogen and oxygen atoms in total. The molecule has 2 atom stereocenters. The average molecular weight is 380 g/mol. The first kappa shape index (κ1) is 17.0. The standard InChI is InChI=1S/C18H20N8O2/c1-12-20-21-23-25(12)9-13-2-4-14(5-3-13)18(27)24-7-6-17-16(10-24)26-15(11-28-17)8-19-22-26/h2-5,8,16-17H,6-7,9-11H2,1H3/t16-,17-/m0/s1. The van der Waals surface area contributed by atoms with Gasteiger partial charge >= 0.3 is 0 Å². The number of hydrogen-bond acceptors (Lipinski definition) is 7. The zero-order valence-electron chi connectivity index (χ0n) is 15.5. The number of likely N-dealkylation sites (tertiary alicyclic amines) is 1. The van der Waals surface area contributed by atoms with E-state index in [4.69, 9.17) is 4.74 Å². The predicted molar refractivity (Wildman–Crippen MR) is 96.3 cm³/mol. The summed E-state index contributed by atoms with van der Waals surface area (Å²) in [5.74, 6) is 0.779. The lowest BCUT2D eigenvalue weighted by Crippen LogP contribution is -2.49. The van der Waals surface area contributed by atoms with E-state index in [-0.39, 0.29) is 18.1 Å². The van der Waals surface area contributed by atoms with Crippen molar-refractivity contribution in [3.63, 3.8) is 0 Å². The summed E-state index contributed by atoms with van der Waals surface area (Å²) in [7, 11) is 0. The van der Waals surface area contributed by atoms with Gasteiger partial charge in [-0.2, -0.15) is 0 Å². The number of amides is 1. The van der Waals surface area contributed by atoms with Crippen molar-refractivity contribution in [2.75, 3.05) is 13.1 Å². The van der Waals surface area contributed by atoms with Crippen LogP contribution in [0.5, 0.6) is 0 Å². The van der Waals surface area contributed by atoms with E-state index < -0.39 is 0 Å². The van der Waals surface area contributed by atoms with Crippen molar-refractivity contribution in [1.82, 2.24) is 40.1 Å². The number of aromatic nitrogens is 7. The van der Waals surface area contributed by atoms with Gasteiger partial charge in [-0.05, 0) is 41.5 Å². The number of ether oxygens (including phenoxy) is 1. The number of carbonyl (C=O) groups excluding carboxylic acids is 1. The van der Waals surface area contributed by atoms with Gasteiger partial charge in [0.1, 0.15) is 5.82 Å². The highest BCUT2D eigenvalue weighted by Crippen LogP contribution is 2.30. The number of benzene rings is 1. The van der Waals surface area contributed by atoms with Crippen LogP contribution in [-0.2, 0) is 17.9 Å². The van der Waals surface area contributed by atoms with Crippen LogP contribution in [0.25, 0.3) is 0 Å². The molecule has 0 unspecified atom stereocenters. The second-order valence-electron chi connectivity index (χ2n) is 7.21. The molecule has 10 heteroatoms. The Bertz CT molecular complexity index is 995. The third-order valence-electron chi connectivity index (χ3n) is 5.46. The van der Waals surface area contributed by atoms with Gasteiger partial charge in [0.05, 0.1) is 37.2 Å². The highest BCUT2D eigenvalue weighted by molar-refractivity contribution is 5.94. The van der Waals surface area contributed by atoms with Crippen molar-refractivity contribution in [2.45, 2.75) is 38.6 Å². The van der Waals surface area contributed by atoms with Crippen LogP contribution in [0.2, 0.25) is 0 Å². The second-order valence-corrected chi connectivity index (χ2v) is 7.21. The van der Waals surface area contributed by atoms with Gasteiger partial charge in [-0.1, -0.05) is 17.3 Å². The minimum Gasteiger partial charge on any atom is -0.370 e. The maximum absolute atomic E-state index is 13.0. The Hall–Kier alpha value is -3.14. The molecule has 2 aliphatic heterocycles. The van der Waals surface area contributed by atoms with E-state index in [9.17, 15) is 4.79 Å². The zero-order chi connectivity index (χ0) is 19.1. The van der Waals surface area contributed by atoms with Gasteiger partial charge in [-0.3, -0.25) is 4.79 Å². The molecule has 28 heavy (non-hydrogen) atoms. The van der Waals surface area contributed by atoms with E-state index in [2.05, 4.69) is 25.8 Å². The molecule has 2 aliphatic rings. The lowest BCUT2D eigenvalue weighted by atomic mass is 9.99. The number of tetrazole rings is 1. The Morgan fingerprint density at radius 3 is 2.89 bits per heavy atom. The smallest absolute Gasteiger partial charge is 0.253 e. The summed E-state index contributed by atoms with van der Waals surface area (Å²) < 4.78 is 9.55. The van der Waals surface area contributed by atoms with Gasteiger partial charge in [0.25, 0.3) is 5.91 Å². The van der Waals surface area contributed by atoms with Crippen LogP contribution in [0.4, 0.5) is 0 Å². The fraction of sp³-hybridized carbons (Fsp3) is 0.444. The van der Waals surface area contributed by atoms with Crippen molar-refractivity contribution in [3.05, 3.63) is 53.1 Å². The molecule has 4 heterocycles. The topological polar surface area (TPSA) is 104 Å². The number of fused-ring (bicyclic) bond motifs is 3. The van der Waals surface area contributed by atoms with Crippen LogP contribution < -0.4 is 0 Å².